The maximum Gasteiger partial charge on any atom is 0.0604 e. The van der Waals surface area contributed by atoms with E-state index in [1.54, 1.807) is 0 Å². The number of hydrogen-bond acceptors (Lipinski definition) is 1. The van der Waals surface area contributed by atoms with Crippen LogP contribution in [-0.4, -0.2) is 16.9 Å². The molecule has 2 heterocycles. The molecule has 1 aliphatic heterocycles. The van der Waals surface area contributed by atoms with Crippen LogP contribution in [0.3, 0.4) is 0 Å². The van der Waals surface area contributed by atoms with Gasteiger partial charge in [-0.05, 0) is 28.5 Å². The van der Waals surface area contributed by atoms with E-state index >= 15 is 0 Å². The van der Waals surface area contributed by atoms with Gasteiger partial charge in [0.1, 0.15) is 0 Å². The van der Waals surface area contributed by atoms with Gasteiger partial charge in [0, 0.05) is 28.8 Å². The number of hydrogen-bond donors (Lipinski definition) is 1. The molecule has 3 heteroatoms. The molecule has 1 aromatic heterocycles. The number of benzene rings is 1. The minimum atomic E-state index is 1.01. The van der Waals surface area contributed by atoms with Crippen LogP contribution in [0.15, 0.2) is 34.8 Å². The zero-order chi connectivity index (χ0) is 11.1. The number of nitrogens with one attached hydrogen (secondary N) is 1. The minimum absolute atomic E-state index is 1.01. The number of aromatic amines is 1. The predicted molar refractivity (Wildman–Crippen MR) is 69.1 cm³/mol. The van der Waals surface area contributed by atoms with E-state index in [0.29, 0.717) is 0 Å². The first-order valence-corrected chi connectivity index (χ1v) is 6.18. The SMILES string of the molecule is CN1Cc2[nH]c(-c3ccccc3)c(Br)c2C1. The molecule has 0 fully saturated rings. The van der Waals surface area contributed by atoms with Gasteiger partial charge >= 0.3 is 0 Å². The standard InChI is InChI=1S/C13H13BrN2/c1-16-7-10-11(8-16)15-13(12(10)14)9-5-3-2-4-6-9/h2-6,15H,7-8H2,1H3. The average molecular weight is 277 g/mol. The first kappa shape index (κ1) is 10.1. The smallest absolute Gasteiger partial charge is 0.0604 e. The van der Waals surface area contributed by atoms with Crippen LogP contribution >= 0.6 is 15.9 Å². The summed E-state index contributed by atoms with van der Waals surface area (Å²) >= 11 is 3.71. The van der Waals surface area contributed by atoms with Crippen molar-refractivity contribution < 1.29 is 0 Å². The molecule has 0 atom stereocenters. The second-order valence-corrected chi connectivity index (χ2v) is 5.10. The molecule has 0 saturated heterocycles. The second kappa shape index (κ2) is 3.75. The van der Waals surface area contributed by atoms with Gasteiger partial charge in [-0.2, -0.15) is 0 Å². The zero-order valence-corrected chi connectivity index (χ0v) is 10.7. The summed E-state index contributed by atoms with van der Waals surface area (Å²) in [5.41, 5.74) is 5.19. The van der Waals surface area contributed by atoms with E-state index in [0.717, 1.165) is 13.1 Å². The van der Waals surface area contributed by atoms with Gasteiger partial charge in [-0.15, -0.1) is 0 Å². The summed E-state index contributed by atoms with van der Waals surface area (Å²) < 4.78 is 1.22. The maximum atomic E-state index is 3.71. The molecule has 0 bridgehead atoms. The van der Waals surface area contributed by atoms with Crippen LogP contribution < -0.4 is 0 Å². The lowest BCUT2D eigenvalue weighted by Crippen LogP contribution is -2.08. The van der Waals surface area contributed by atoms with Crippen molar-refractivity contribution in [3.8, 4) is 11.3 Å². The summed E-state index contributed by atoms with van der Waals surface area (Å²) in [5.74, 6) is 0. The largest absolute Gasteiger partial charge is 0.356 e. The molecule has 0 radical (unpaired) electrons. The van der Waals surface area contributed by atoms with Crippen LogP contribution in [0, 0.1) is 0 Å². The number of aromatic nitrogens is 1. The third-order valence-corrected chi connectivity index (χ3v) is 3.92. The second-order valence-electron chi connectivity index (χ2n) is 4.31. The van der Waals surface area contributed by atoms with Crippen LogP contribution in [-0.2, 0) is 13.1 Å². The Morgan fingerprint density at radius 3 is 2.62 bits per heavy atom. The highest BCUT2D eigenvalue weighted by Gasteiger charge is 2.23. The predicted octanol–water partition coefficient (Wildman–Crippen LogP) is 3.39. The summed E-state index contributed by atoms with van der Waals surface area (Å²) in [4.78, 5) is 5.83. The van der Waals surface area contributed by atoms with Crippen molar-refractivity contribution in [2.24, 2.45) is 0 Å². The molecule has 0 saturated carbocycles. The molecule has 0 unspecified atom stereocenters. The average Bonchev–Trinajstić information content (AvgIpc) is 2.79. The van der Waals surface area contributed by atoms with E-state index in [1.165, 1.54) is 27.0 Å². The van der Waals surface area contributed by atoms with Gasteiger partial charge in [0.25, 0.3) is 0 Å². The Labute approximate surface area is 103 Å². The Kier molecular flexibility index (Phi) is 2.37. The fourth-order valence-electron chi connectivity index (χ4n) is 2.26. The molecule has 1 N–H and O–H groups in total. The van der Waals surface area contributed by atoms with Crippen molar-refractivity contribution in [1.29, 1.82) is 0 Å². The van der Waals surface area contributed by atoms with E-state index in [2.05, 4.69) is 57.1 Å². The summed E-state index contributed by atoms with van der Waals surface area (Å²) in [7, 11) is 2.14. The highest BCUT2D eigenvalue weighted by atomic mass is 79.9. The Hall–Kier alpha value is -1.06. The molecular formula is C13H13BrN2. The van der Waals surface area contributed by atoms with Gasteiger partial charge < -0.3 is 4.98 Å². The lowest BCUT2D eigenvalue weighted by molar-refractivity contribution is 0.350. The molecule has 0 spiro atoms. The Morgan fingerprint density at radius 2 is 1.94 bits per heavy atom. The van der Waals surface area contributed by atoms with Crippen LogP contribution in [0.5, 0.6) is 0 Å². The first-order valence-electron chi connectivity index (χ1n) is 5.39. The van der Waals surface area contributed by atoms with E-state index < -0.39 is 0 Å². The number of fused-ring (bicyclic) bond motifs is 1. The summed E-state index contributed by atoms with van der Waals surface area (Å²) in [6.07, 6.45) is 0. The monoisotopic (exact) mass is 276 g/mol. The van der Waals surface area contributed by atoms with Gasteiger partial charge in [0.05, 0.1) is 5.69 Å². The summed E-state index contributed by atoms with van der Waals surface area (Å²) in [6.45, 7) is 2.04. The van der Waals surface area contributed by atoms with Crippen LogP contribution in [0.4, 0.5) is 0 Å². The number of rotatable bonds is 1. The number of nitrogens with zero attached hydrogens (tertiary/aromatic N) is 1. The lowest BCUT2D eigenvalue weighted by Gasteiger charge is -2.07. The number of H-pyrrole nitrogens is 1. The number of halogens is 1. The minimum Gasteiger partial charge on any atom is -0.356 e. The van der Waals surface area contributed by atoms with Gasteiger partial charge in [-0.3, -0.25) is 4.90 Å². The molecule has 1 aliphatic rings. The van der Waals surface area contributed by atoms with Crippen molar-refractivity contribution in [2.45, 2.75) is 13.1 Å². The van der Waals surface area contributed by atoms with Crippen molar-refractivity contribution in [1.82, 2.24) is 9.88 Å². The summed E-state index contributed by atoms with van der Waals surface area (Å²) in [6, 6.07) is 10.5. The van der Waals surface area contributed by atoms with Crippen molar-refractivity contribution >= 4 is 15.9 Å². The Morgan fingerprint density at radius 1 is 1.19 bits per heavy atom. The molecule has 1 aromatic carbocycles. The fourth-order valence-corrected chi connectivity index (χ4v) is 2.96. The molecule has 82 valence electrons. The molecule has 2 nitrogen and oxygen atoms in total. The van der Waals surface area contributed by atoms with E-state index in [9.17, 15) is 0 Å². The van der Waals surface area contributed by atoms with Crippen LogP contribution in [0.25, 0.3) is 11.3 Å². The fraction of sp³-hybridized carbons (Fsp3) is 0.231. The van der Waals surface area contributed by atoms with Crippen molar-refractivity contribution in [2.75, 3.05) is 7.05 Å². The third kappa shape index (κ3) is 1.51. The maximum absolute atomic E-state index is 3.71. The highest BCUT2D eigenvalue weighted by molar-refractivity contribution is 9.10. The summed E-state index contributed by atoms with van der Waals surface area (Å²) in [5, 5.41) is 0. The first-order chi connectivity index (χ1) is 7.75. The van der Waals surface area contributed by atoms with Gasteiger partial charge in [0.15, 0.2) is 0 Å². The van der Waals surface area contributed by atoms with Gasteiger partial charge in [0.2, 0.25) is 0 Å². The van der Waals surface area contributed by atoms with E-state index in [4.69, 9.17) is 0 Å². The molecule has 0 amide bonds. The van der Waals surface area contributed by atoms with Crippen molar-refractivity contribution in [3.63, 3.8) is 0 Å². The van der Waals surface area contributed by atoms with Crippen LogP contribution in [0.1, 0.15) is 11.3 Å². The molecule has 2 aromatic rings. The third-order valence-electron chi connectivity index (χ3n) is 3.04. The Bertz CT molecular complexity index is 516. The van der Waals surface area contributed by atoms with Crippen LogP contribution in [0.2, 0.25) is 0 Å². The molecule has 3 rings (SSSR count). The van der Waals surface area contributed by atoms with Gasteiger partial charge in [-0.1, -0.05) is 30.3 Å². The topological polar surface area (TPSA) is 19.0 Å². The van der Waals surface area contributed by atoms with E-state index in [1.807, 2.05) is 6.07 Å². The zero-order valence-electron chi connectivity index (χ0n) is 9.13. The Balaban J connectivity index is 2.09. The highest BCUT2D eigenvalue weighted by Crippen LogP contribution is 2.36. The van der Waals surface area contributed by atoms with Gasteiger partial charge in [-0.25, -0.2) is 0 Å². The van der Waals surface area contributed by atoms with Crippen molar-refractivity contribution in [3.05, 3.63) is 46.1 Å². The molecular weight excluding hydrogens is 264 g/mol. The quantitative estimate of drug-likeness (QED) is 0.846. The normalized spacial score (nSPS) is 15.4. The molecule has 0 aliphatic carbocycles. The molecule has 16 heavy (non-hydrogen) atoms. The van der Waals surface area contributed by atoms with E-state index in [-0.39, 0.29) is 0 Å². The lowest BCUT2D eigenvalue weighted by atomic mass is 10.1.